The van der Waals surface area contributed by atoms with Crippen LogP contribution in [0.5, 0.6) is 0 Å². The van der Waals surface area contributed by atoms with Crippen LogP contribution in [0.2, 0.25) is 0 Å². The Balaban J connectivity index is 1.38. The molecule has 2 aromatic heterocycles. The van der Waals surface area contributed by atoms with Crippen molar-refractivity contribution in [3.05, 3.63) is 133 Å². The molecule has 0 saturated carbocycles. The number of hydrogen-bond acceptors (Lipinski definition) is 10. The zero-order valence-corrected chi connectivity index (χ0v) is 26.3. The smallest absolute Gasteiger partial charge is 0.253 e. The summed E-state index contributed by atoms with van der Waals surface area (Å²) in [7, 11) is -13.2. The Morgan fingerprint density at radius 3 is 1.70 bits per heavy atom. The van der Waals surface area contributed by atoms with E-state index in [1.807, 2.05) is 24.3 Å². The van der Waals surface area contributed by atoms with Crippen LogP contribution in [0.25, 0.3) is 28.2 Å². The normalized spacial score (nSPS) is 12.3. The summed E-state index contributed by atoms with van der Waals surface area (Å²) in [6.45, 7) is 0. The van der Waals surface area contributed by atoms with E-state index in [0.29, 0.717) is 22.5 Å². The van der Waals surface area contributed by atoms with Gasteiger partial charge in [0.1, 0.15) is 22.1 Å². The summed E-state index contributed by atoms with van der Waals surface area (Å²) in [4.78, 5) is -0.341. The second-order valence-electron chi connectivity index (χ2n) is 10.0. The van der Waals surface area contributed by atoms with E-state index >= 15 is 0 Å². The first-order valence-corrected chi connectivity index (χ1v) is 18.5. The fraction of sp³-hybridized carbons (Fsp3) is 0.0645. The van der Waals surface area contributed by atoms with E-state index in [9.17, 15) is 25.3 Å². The average Bonchev–Trinajstić information content (AvgIpc) is 3.66. The molecule has 234 valence electrons. The van der Waals surface area contributed by atoms with Crippen molar-refractivity contribution in [3.63, 3.8) is 0 Å². The lowest BCUT2D eigenvalue weighted by Crippen LogP contribution is -2.31. The second-order valence-corrected chi connectivity index (χ2v) is 15.6. The maximum Gasteiger partial charge on any atom is 0.253 e. The molecule has 0 aliphatic rings. The fourth-order valence-corrected chi connectivity index (χ4v) is 9.19. The number of nitrogens with one attached hydrogen (secondary N) is 1. The number of hydrogen-bond donors (Lipinski definition) is 1. The first-order valence-electron chi connectivity index (χ1n) is 13.7. The van der Waals surface area contributed by atoms with Gasteiger partial charge in [-0.2, -0.15) is 5.10 Å². The largest absolute Gasteiger partial charge is 0.423 e. The van der Waals surface area contributed by atoms with Gasteiger partial charge < -0.3 is 4.42 Å². The fourth-order valence-electron chi connectivity index (χ4n) is 4.74. The van der Waals surface area contributed by atoms with Crippen molar-refractivity contribution in [1.29, 1.82) is 0 Å². The van der Waals surface area contributed by atoms with Gasteiger partial charge in [-0.05, 0) is 24.3 Å². The highest BCUT2D eigenvalue weighted by molar-refractivity contribution is 8.04. The third-order valence-electron chi connectivity index (χ3n) is 6.67. The van der Waals surface area contributed by atoms with Crippen LogP contribution in [0.3, 0.4) is 0 Å². The first kappa shape index (κ1) is 31.0. The van der Waals surface area contributed by atoms with Crippen molar-refractivity contribution in [2.45, 2.75) is 21.3 Å². The van der Waals surface area contributed by atoms with Gasteiger partial charge in [0.25, 0.3) is 10.0 Å². The number of rotatable bonds is 11. The van der Waals surface area contributed by atoms with E-state index in [4.69, 9.17) is 9.52 Å². The van der Waals surface area contributed by atoms with Gasteiger partial charge in [-0.3, -0.25) is 0 Å². The molecule has 0 aliphatic heterocycles. The Morgan fingerprint density at radius 1 is 0.609 bits per heavy atom. The Bertz CT molecular complexity index is 2310. The third kappa shape index (κ3) is 6.67. The standard InChI is InChI=1S/C31H25N5O7S3/c37-44(38,21-27-32-33-28(43-27)22-45(39,40)35-46(41,42)26-19-11-4-12-20-26)31-29(23-13-5-1-6-14-23)34-36(25-17-9-3-10-18-25)30(31)24-15-7-2-8-16-24/h1-20,35H,21-22H2. The summed E-state index contributed by atoms with van der Waals surface area (Å²) in [6.07, 6.45) is 0. The van der Waals surface area contributed by atoms with Crippen LogP contribution in [0.4, 0.5) is 0 Å². The summed E-state index contributed by atoms with van der Waals surface area (Å²) in [5.74, 6) is -2.66. The van der Waals surface area contributed by atoms with Crippen molar-refractivity contribution in [2.75, 3.05) is 0 Å². The van der Waals surface area contributed by atoms with Gasteiger partial charge in [0.05, 0.1) is 16.3 Å². The molecular formula is C31H25N5O7S3. The molecule has 0 saturated heterocycles. The molecule has 0 spiro atoms. The molecule has 0 fully saturated rings. The number of sulfone groups is 1. The molecular weight excluding hydrogens is 651 g/mol. The minimum absolute atomic E-state index is 0.0863. The molecule has 46 heavy (non-hydrogen) atoms. The van der Waals surface area contributed by atoms with E-state index in [1.54, 1.807) is 81.6 Å². The van der Waals surface area contributed by atoms with Gasteiger partial charge >= 0.3 is 0 Å². The Labute approximate surface area is 265 Å². The summed E-state index contributed by atoms with van der Waals surface area (Å²) < 4.78 is 87.7. The van der Waals surface area contributed by atoms with E-state index < -0.39 is 47.3 Å². The van der Waals surface area contributed by atoms with E-state index in [-0.39, 0.29) is 21.4 Å². The topological polar surface area (TPSA) is 171 Å². The highest BCUT2D eigenvalue weighted by Crippen LogP contribution is 2.39. The molecule has 12 nitrogen and oxygen atoms in total. The molecule has 6 rings (SSSR count). The van der Waals surface area contributed by atoms with Crippen molar-refractivity contribution >= 4 is 29.9 Å². The highest BCUT2D eigenvalue weighted by atomic mass is 32.3. The SMILES string of the molecule is O=S(=O)(Cc1nnc(CS(=O)(=O)c2c(-c3ccccc3)nn(-c3ccccc3)c2-c2ccccc2)o1)NS(=O)(=O)c1ccccc1. The van der Waals surface area contributed by atoms with Crippen molar-refractivity contribution < 1.29 is 29.7 Å². The van der Waals surface area contributed by atoms with Crippen molar-refractivity contribution in [1.82, 2.24) is 24.1 Å². The van der Waals surface area contributed by atoms with Crippen LogP contribution < -0.4 is 4.13 Å². The molecule has 1 N–H and O–H groups in total. The van der Waals surface area contributed by atoms with Crippen molar-refractivity contribution in [2.24, 2.45) is 0 Å². The van der Waals surface area contributed by atoms with Crippen molar-refractivity contribution in [3.8, 4) is 28.2 Å². The molecule has 4 aromatic carbocycles. The Morgan fingerprint density at radius 2 is 1.11 bits per heavy atom. The van der Waals surface area contributed by atoms with E-state index in [1.165, 1.54) is 24.3 Å². The minimum atomic E-state index is -4.53. The van der Waals surface area contributed by atoms with E-state index in [2.05, 4.69) is 10.2 Å². The third-order valence-corrected chi connectivity index (χ3v) is 11.7. The molecule has 0 bridgehead atoms. The second kappa shape index (κ2) is 12.4. The Hall–Kier alpha value is -4.96. The van der Waals surface area contributed by atoms with Gasteiger partial charge in [0, 0.05) is 11.1 Å². The zero-order valence-electron chi connectivity index (χ0n) is 23.8. The molecule has 0 amide bonds. The number of benzene rings is 4. The number of sulfonamides is 2. The summed E-state index contributed by atoms with van der Waals surface area (Å²) >= 11 is 0. The molecule has 6 aromatic rings. The summed E-state index contributed by atoms with van der Waals surface area (Å²) in [5, 5.41) is 12.2. The molecule has 0 atom stereocenters. The first-order chi connectivity index (χ1) is 22.0. The molecule has 0 unspecified atom stereocenters. The van der Waals surface area contributed by atoms with Gasteiger partial charge in [0.15, 0.2) is 9.84 Å². The van der Waals surface area contributed by atoms with Gasteiger partial charge in [0.2, 0.25) is 21.8 Å². The van der Waals surface area contributed by atoms with Gasteiger partial charge in [-0.25, -0.2) is 29.9 Å². The minimum Gasteiger partial charge on any atom is -0.423 e. The predicted octanol–water partition coefficient (Wildman–Crippen LogP) is 4.37. The zero-order chi connectivity index (χ0) is 32.4. The average molecular weight is 676 g/mol. The van der Waals surface area contributed by atoms with Crippen LogP contribution >= 0.6 is 0 Å². The van der Waals surface area contributed by atoms with E-state index in [0.717, 1.165) is 0 Å². The molecule has 15 heteroatoms. The maximum atomic E-state index is 14.3. The lowest BCUT2D eigenvalue weighted by Gasteiger charge is -2.10. The highest BCUT2D eigenvalue weighted by Gasteiger charge is 2.33. The number of aromatic nitrogens is 4. The van der Waals surface area contributed by atoms with Crippen LogP contribution in [0.15, 0.2) is 136 Å². The summed E-state index contributed by atoms with van der Waals surface area (Å²) in [6, 6.07) is 33.8. The molecule has 2 heterocycles. The quantitative estimate of drug-likeness (QED) is 0.208. The summed E-state index contributed by atoms with van der Waals surface area (Å²) in [5.41, 5.74) is 2.27. The van der Waals surface area contributed by atoms with Gasteiger partial charge in [-0.15, -0.1) is 14.3 Å². The van der Waals surface area contributed by atoms with Crippen LogP contribution in [0, 0.1) is 0 Å². The maximum absolute atomic E-state index is 14.3. The number of nitrogens with zero attached hydrogens (tertiary/aromatic N) is 4. The number of para-hydroxylation sites is 1. The van der Waals surface area contributed by atoms with Crippen LogP contribution in [-0.4, -0.2) is 45.2 Å². The van der Waals surface area contributed by atoms with Crippen LogP contribution in [-0.2, 0) is 41.4 Å². The lowest BCUT2D eigenvalue weighted by molar-refractivity contribution is 0.472. The molecule has 0 radical (unpaired) electrons. The monoisotopic (exact) mass is 675 g/mol. The lowest BCUT2D eigenvalue weighted by atomic mass is 10.1. The van der Waals surface area contributed by atoms with Crippen LogP contribution in [0.1, 0.15) is 11.8 Å². The predicted molar refractivity (Wildman–Crippen MR) is 169 cm³/mol. The Kier molecular flexibility index (Phi) is 8.39. The van der Waals surface area contributed by atoms with Gasteiger partial charge in [-0.1, -0.05) is 97.1 Å². The molecule has 0 aliphatic carbocycles.